The summed E-state index contributed by atoms with van der Waals surface area (Å²) in [6.07, 6.45) is 1.21. The maximum absolute atomic E-state index is 13.9. The minimum absolute atomic E-state index is 0.427. The lowest BCUT2D eigenvalue weighted by atomic mass is 9.95. The molecule has 132 valence electrons. The summed E-state index contributed by atoms with van der Waals surface area (Å²) in [5.74, 6) is -1.38. The van der Waals surface area contributed by atoms with E-state index in [1.165, 1.54) is 37.4 Å². The topological polar surface area (TPSA) is 49.8 Å². The number of methoxy groups -OCH3 is 1. The highest BCUT2D eigenvalue weighted by atomic mass is 19.1. The zero-order chi connectivity index (χ0) is 18.0. The molecule has 0 saturated carbocycles. The van der Waals surface area contributed by atoms with E-state index in [2.05, 4.69) is 0 Å². The van der Waals surface area contributed by atoms with Crippen LogP contribution in [0, 0.1) is 11.6 Å². The van der Waals surface area contributed by atoms with Gasteiger partial charge < -0.3 is 9.84 Å². The van der Waals surface area contributed by atoms with E-state index < -0.39 is 29.7 Å². The molecule has 2 atom stereocenters. The monoisotopic (exact) mass is 347 g/mol. The minimum atomic E-state index is -0.936. The van der Waals surface area contributed by atoms with Gasteiger partial charge in [0.2, 0.25) is 0 Å². The van der Waals surface area contributed by atoms with E-state index in [0.29, 0.717) is 36.3 Å². The van der Waals surface area contributed by atoms with Crippen molar-refractivity contribution in [3.63, 3.8) is 0 Å². The molecule has 1 heterocycles. The number of hydrogen-bond donors (Lipinski definition) is 1. The van der Waals surface area contributed by atoms with Gasteiger partial charge >= 0.3 is 5.97 Å². The van der Waals surface area contributed by atoms with Gasteiger partial charge in [0.25, 0.3) is 0 Å². The molecule has 1 fully saturated rings. The van der Waals surface area contributed by atoms with Gasteiger partial charge in [0, 0.05) is 12.1 Å². The Labute approximate surface area is 144 Å². The van der Waals surface area contributed by atoms with E-state index in [0.717, 1.165) is 0 Å². The lowest BCUT2D eigenvalue weighted by molar-refractivity contribution is -0.142. The van der Waals surface area contributed by atoms with Gasteiger partial charge in [-0.15, -0.1) is 0 Å². The summed E-state index contributed by atoms with van der Waals surface area (Å²) >= 11 is 0. The third kappa shape index (κ3) is 3.49. The number of likely N-dealkylation sites (tertiary alicyclic amines) is 1. The summed E-state index contributed by atoms with van der Waals surface area (Å²) < 4.78 is 33.1. The highest BCUT2D eigenvalue weighted by Crippen LogP contribution is 2.39. The third-order valence-electron chi connectivity index (χ3n) is 4.56. The van der Waals surface area contributed by atoms with Crippen molar-refractivity contribution in [1.82, 2.24) is 4.90 Å². The van der Waals surface area contributed by atoms with Crippen LogP contribution in [0.4, 0.5) is 8.78 Å². The second-order valence-corrected chi connectivity index (χ2v) is 6.08. The molecule has 0 amide bonds. The van der Waals surface area contributed by atoms with E-state index in [9.17, 15) is 18.7 Å². The summed E-state index contributed by atoms with van der Waals surface area (Å²) in [4.78, 5) is 13.4. The Morgan fingerprint density at radius 3 is 2.68 bits per heavy atom. The quantitative estimate of drug-likeness (QED) is 0.898. The van der Waals surface area contributed by atoms with Gasteiger partial charge in [0.15, 0.2) is 0 Å². The molecule has 1 aliphatic rings. The zero-order valence-corrected chi connectivity index (χ0v) is 13.8. The van der Waals surface area contributed by atoms with Crippen LogP contribution in [-0.4, -0.2) is 35.7 Å². The van der Waals surface area contributed by atoms with Crippen molar-refractivity contribution in [1.29, 1.82) is 0 Å². The fourth-order valence-electron chi connectivity index (χ4n) is 3.51. The van der Waals surface area contributed by atoms with Crippen LogP contribution in [-0.2, 0) is 4.79 Å². The highest BCUT2D eigenvalue weighted by Gasteiger charge is 2.38. The second-order valence-electron chi connectivity index (χ2n) is 6.08. The molecule has 2 aromatic rings. The standard InChI is InChI=1S/C19H19F2NO3/c1-25-17-8-7-14(21)11-15(17)18(12-4-2-5-13(20)10-12)22-9-3-6-16(22)19(23)24/h2,4-5,7-8,10-11,16,18H,3,6,9H2,1H3,(H,23,24). The molecule has 4 nitrogen and oxygen atoms in total. The molecule has 25 heavy (non-hydrogen) atoms. The number of rotatable bonds is 5. The van der Waals surface area contributed by atoms with Gasteiger partial charge in [-0.05, 0) is 48.7 Å². The second kappa shape index (κ2) is 7.19. The Morgan fingerprint density at radius 1 is 1.24 bits per heavy atom. The summed E-state index contributed by atoms with van der Waals surface area (Å²) in [7, 11) is 1.47. The van der Waals surface area contributed by atoms with Crippen molar-refractivity contribution >= 4 is 5.97 Å². The van der Waals surface area contributed by atoms with Crippen LogP contribution in [0.2, 0.25) is 0 Å². The number of carboxylic acid groups (broad SMARTS) is 1. The summed E-state index contributed by atoms with van der Waals surface area (Å²) in [6, 6.07) is 8.75. The van der Waals surface area contributed by atoms with Crippen molar-refractivity contribution in [2.75, 3.05) is 13.7 Å². The van der Waals surface area contributed by atoms with E-state index >= 15 is 0 Å². The van der Waals surface area contributed by atoms with Gasteiger partial charge in [-0.2, -0.15) is 0 Å². The number of carbonyl (C=O) groups is 1. The molecule has 0 radical (unpaired) electrons. The van der Waals surface area contributed by atoms with Gasteiger partial charge in [0.05, 0.1) is 13.2 Å². The van der Waals surface area contributed by atoms with Crippen LogP contribution in [0.15, 0.2) is 42.5 Å². The van der Waals surface area contributed by atoms with Crippen molar-refractivity contribution in [3.05, 3.63) is 65.2 Å². The fourth-order valence-corrected chi connectivity index (χ4v) is 3.51. The van der Waals surface area contributed by atoms with Crippen LogP contribution in [0.1, 0.15) is 30.0 Å². The lowest BCUT2D eigenvalue weighted by Crippen LogP contribution is -2.39. The molecular formula is C19H19F2NO3. The molecule has 3 rings (SSSR count). The summed E-state index contributed by atoms with van der Waals surface area (Å²) in [5, 5.41) is 9.54. The van der Waals surface area contributed by atoms with Gasteiger partial charge in [-0.1, -0.05) is 12.1 Å². The first-order valence-electron chi connectivity index (χ1n) is 8.08. The van der Waals surface area contributed by atoms with E-state index in [1.54, 1.807) is 17.0 Å². The Bertz CT molecular complexity index is 781. The summed E-state index contributed by atoms with van der Waals surface area (Å²) in [5.41, 5.74) is 1.05. The molecule has 1 aliphatic heterocycles. The minimum Gasteiger partial charge on any atom is -0.496 e. The molecule has 1 saturated heterocycles. The Hall–Kier alpha value is -2.47. The van der Waals surface area contributed by atoms with Crippen LogP contribution in [0.5, 0.6) is 5.75 Å². The maximum Gasteiger partial charge on any atom is 0.320 e. The fraction of sp³-hybridized carbons (Fsp3) is 0.316. The molecule has 0 aromatic heterocycles. The SMILES string of the molecule is COc1ccc(F)cc1C(c1cccc(F)c1)N1CCCC1C(=O)O. The van der Waals surface area contributed by atoms with Crippen molar-refractivity contribution < 1.29 is 23.4 Å². The smallest absolute Gasteiger partial charge is 0.320 e. The van der Waals surface area contributed by atoms with E-state index in [4.69, 9.17) is 4.74 Å². The molecule has 2 unspecified atom stereocenters. The Kier molecular flexibility index (Phi) is 4.99. The molecule has 2 aromatic carbocycles. The molecule has 1 N–H and O–H groups in total. The van der Waals surface area contributed by atoms with Gasteiger partial charge in [-0.25, -0.2) is 8.78 Å². The Morgan fingerprint density at radius 2 is 2.00 bits per heavy atom. The van der Waals surface area contributed by atoms with Crippen LogP contribution in [0.25, 0.3) is 0 Å². The van der Waals surface area contributed by atoms with Crippen LogP contribution in [0.3, 0.4) is 0 Å². The molecule has 0 aliphatic carbocycles. The predicted octanol–water partition coefficient (Wildman–Crippen LogP) is 3.61. The van der Waals surface area contributed by atoms with Crippen LogP contribution >= 0.6 is 0 Å². The average Bonchev–Trinajstić information content (AvgIpc) is 3.05. The van der Waals surface area contributed by atoms with Crippen molar-refractivity contribution in [2.24, 2.45) is 0 Å². The first-order chi connectivity index (χ1) is 12.0. The number of halogens is 2. The first-order valence-corrected chi connectivity index (χ1v) is 8.08. The predicted molar refractivity (Wildman–Crippen MR) is 88.6 cm³/mol. The van der Waals surface area contributed by atoms with Crippen molar-refractivity contribution in [2.45, 2.75) is 24.9 Å². The number of carboxylic acids is 1. The number of aliphatic carboxylic acids is 1. The number of nitrogens with zero attached hydrogens (tertiary/aromatic N) is 1. The lowest BCUT2D eigenvalue weighted by Gasteiger charge is -2.32. The van der Waals surface area contributed by atoms with E-state index in [1.807, 2.05) is 0 Å². The average molecular weight is 347 g/mol. The van der Waals surface area contributed by atoms with Crippen LogP contribution < -0.4 is 4.74 Å². The van der Waals surface area contributed by atoms with Gasteiger partial charge in [0.1, 0.15) is 23.4 Å². The normalized spacial score (nSPS) is 18.9. The third-order valence-corrected chi connectivity index (χ3v) is 4.56. The van der Waals surface area contributed by atoms with Gasteiger partial charge in [-0.3, -0.25) is 9.69 Å². The highest BCUT2D eigenvalue weighted by molar-refractivity contribution is 5.74. The first kappa shape index (κ1) is 17.4. The number of ether oxygens (including phenoxy) is 1. The summed E-state index contributed by atoms with van der Waals surface area (Å²) in [6.45, 7) is 0.526. The molecular weight excluding hydrogens is 328 g/mol. The Balaban J connectivity index is 2.16. The maximum atomic E-state index is 13.9. The largest absolute Gasteiger partial charge is 0.496 e. The van der Waals surface area contributed by atoms with E-state index in [-0.39, 0.29) is 0 Å². The number of hydrogen-bond acceptors (Lipinski definition) is 3. The molecule has 0 spiro atoms. The van der Waals surface area contributed by atoms with Crippen molar-refractivity contribution in [3.8, 4) is 5.75 Å². The molecule has 6 heteroatoms. The number of benzene rings is 2. The molecule has 0 bridgehead atoms. The zero-order valence-electron chi connectivity index (χ0n) is 13.8.